The second-order valence-corrected chi connectivity index (χ2v) is 7.30. The van der Waals surface area contributed by atoms with E-state index >= 15 is 0 Å². The molecule has 0 radical (unpaired) electrons. The predicted octanol–water partition coefficient (Wildman–Crippen LogP) is 2.77. The second-order valence-electron chi connectivity index (χ2n) is 7.30. The number of likely N-dealkylation sites (N-methyl/N-ethyl adjacent to an activating group) is 1. The van der Waals surface area contributed by atoms with Gasteiger partial charge in [-0.15, -0.1) is 0 Å². The van der Waals surface area contributed by atoms with Crippen molar-refractivity contribution in [3.8, 4) is 11.5 Å². The standard InChI is InChI=1S/C22H30N4O3/c1-25-8-10-26(11-9-25)16-18-6-4-17(5-7-18)15-23-22(27)24-19-12-20(28-2)14-21(13-19)29-3/h4-7,12-14H,8-11,15-16H2,1-3H3,(H2,23,24,27). The highest BCUT2D eigenvalue weighted by Crippen LogP contribution is 2.25. The number of anilines is 1. The molecule has 0 saturated carbocycles. The molecule has 0 aromatic heterocycles. The summed E-state index contributed by atoms with van der Waals surface area (Å²) in [4.78, 5) is 17.1. The van der Waals surface area contributed by atoms with Crippen LogP contribution in [0, 0.1) is 0 Å². The number of urea groups is 1. The first kappa shape index (κ1) is 21.0. The third kappa shape index (κ3) is 6.37. The molecule has 1 heterocycles. The SMILES string of the molecule is COc1cc(NC(=O)NCc2ccc(CN3CCN(C)CC3)cc2)cc(OC)c1. The highest BCUT2D eigenvalue weighted by atomic mass is 16.5. The van der Waals surface area contributed by atoms with Crippen LogP contribution in [0.5, 0.6) is 11.5 Å². The zero-order chi connectivity index (χ0) is 20.6. The molecule has 0 atom stereocenters. The molecule has 0 bridgehead atoms. The number of carbonyl (C=O) groups is 1. The normalized spacial score (nSPS) is 15.0. The number of amides is 2. The van der Waals surface area contributed by atoms with Crippen molar-refractivity contribution in [2.24, 2.45) is 0 Å². The summed E-state index contributed by atoms with van der Waals surface area (Å²) in [5.74, 6) is 1.24. The van der Waals surface area contributed by atoms with Gasteiger partial charge in [-0.25, -0.2) is 4.79 Å². The van der Waals surface area contributed by atoms with Crippen molar-refractivity contribution in [2.45, 2.75) is 13.1 Å². The number of hydrogen-bond acceptors (Lipinski definition) is 5. The molecule has 1 aliphatic rings. The van der Waals surface area contributed by atoms with Crippen molar-refractivity contribution in [1.29, 1.82) is 0 Å². The second kappa shape index (κ2) is 10.1. The molecule has 2 amide bonds. The van der Waals surface area contributed by atoms with E-state index in [2.05, 4.69) is 51.7 Å². The van der Waals surface area contributed by atoms with Gasteiger partial charge in [0, 0.05) is 63.2 Å². The van der Waals surface area contributed by atoms with Crippen molar-refractivity contribution in [3.63, 3.8) is 0 Å². The van der Waals surface area contributed by atoms with E-state index in [1.165, 1.54) is 5.56 Å². The maximum Gasteiger partial charge on any atom is 0.319 e. The van der Waals surface area contributed by atoms with Crippen LogP contribution in [0.1, 0.15) is 11.1 Å². The van der Waals surface area contributed by atoms with E-state index in [-0.39, 0.29) is 6.03 Å². The first-order chi connectivity index (χ1) is 14.1. The fraction of sp³-hybridized carbons (Fsp3) is 0.409. The van der Waals surface area contributed by atoms with Gasteiger partial charge in [-0.2, -0.15) is 0 Å². The van der Waals surface area contributed by atoms with Crippen LogP contribution in [0.2, 0.25) is 0 Å². The van der Waals surface area contributed by atoms with Crippen LogP contribution in [0.15, 0.2) is 42.5 Å². The molecule has 0 spiro atoms. The van der Waals surface area contributed by atoms with Crippen LogP contribution in [-0.4, -0.2) is 63.3 Å². The Morgan fingerprint density at radius 3 is 2.10 bits per heavy atom. The van der Waals surface area contributed by atoms with E-state index in [1.807, 2.05) is 0 Å². The van der Waals surface area contributed by atoms with Crippen LogP contribution in [0.3, 0.4) is 0 Å². The van der Waals surface area contributed by atoms with E-state index in [0.717, 1.165) is 38.3 Å². The van der Waals surface area contributed by atoms with Crippen molar-refractivity contribution in [2.75, 3.05) is 52.8 Å². The summed E-state index contributed by atoms with van der Waals surface area (Å²) in [5.41, 5.74) is 2.97. The van der Waals surface area contributed by atoms with Gasteiger partial charge in [0.2, 0.25) is 0 Å². The van der Waals surface area contributed by atoms with E-state index in [9.17, 15) is 4.79 Å². The first-order valence-electron chi connectivity index (χ1n) is 9.82. The number of nitrogens with zero attached hydrogens (tertiary/aromatic N) is 2. The van der Waals surface area contributed by atoms with Crippen molar-refractivity contribution in [1.82, 2.24) is 15.1 Å². The highest BCUT2D eigenvalue weighted by Gasteiger charge is 2.13. The lowest BCUT2D eigenvalue weighted by molar-refractivity contribution is 0.148. The smallest absolute Gasteiger partial charge is 0.319 e. The summed E-state index contributed by atoms with van der Waals surface area (Å²) in [6.07, 6.45) is 0. The predicted molar refractivity (Wildman–Crippen MR) is 115 cm³/mol. The fourth-order valence-corrected chi connectivity index (χ4v) is 3.26. The van der Waals surface area contributed by atoms with Crippen LogP contribution >= 0.6 is 0 Å². The monoisotopic (exact) mass is 398 g/mol. The molecule has 3 rings (SSSR count). The molecule has 2 aromatic rings. The average molecular weight is 399 g/mol. The number of piperazine rings is 1. The number of rotatable bonds is 7. The summed E-state index contributed by atoms with van der Waals surface area (Å²) >= 11 is 0. The van der Waals surface area contributed by atoms with Gasteiger partial charge < -0.3 is 25.0 Å². The van der Waals surface area contributed by atoms with Crippen LogP contribution < -0.4 is 20.1 Å². The lowest BCUT2D eigenvalue weighted by Gasteiger charge is -2.32. The Morgan fingerprint density at radius 1 is 0.931 bits per heavy atom. The molecule has 2 N–H and O–H groups in total. The van der Waals surface area contributed by atoms with Gasteiger partial charge in [-0.1, -0.05) is 24.3 Å². The number of ether oxygens (including phenoxy) is 2. The Balaban J connectivity index is 1.48. The third-order valence-electron chi connectivity index (χ3n) is 5.09. The average Bonchev–Trinajstić information content (AvgIpc) is 2.74. The van der Waals surface area contributed by atoms with Gasteiger partial charge in [-0.3, -0.25) is 4.90 Å². The zero-order valence-electron chi connectivity index (χ0n) is 17.4. The van der Waals surface area contributed by atoms with Gasteiger partial charge in [0.05, 0.1) is 14.2 Å². The van der Waals surface area contributed by atoms with Crippen LogP contribution in [0.4, 0.5) is 10.5 Å². The van der Waals surface area contributed by atoms with Gasteiger partial charge >= 0.3 is 6.03 Å². The fourth-order valence-electron chi connectivity index (χ4n) is 3.26. The summed E-state index contributed by atoms with van der Waals surface area (Å²) in [5, 5.41) is 5.69. The first-order valence-corrected chi connectivity index (χ1v) is 9.82. The third-order valence-corrected chi connectivity index (χ3v) is 5.09. The zero-order valence-corrected chi connectivity index (χ0v) is 17.4. The molecule has 2 aromatic carbocycles. The Kier molecular flexibility index (Phi) is 7.32. The van der Waals surface area contributed by atoms with Crippen molar-refractivity contribution in [3.05, 3.63) is 53.6 Å². The lowest BCUT2D eigenvalue weighted by Crippen LogP contribution is -2.43. The number of benzene rings is 2. The van der Waals surface area contributed by atoms with E-state index in [1.54, 1.807) is 32.4 Å². The van der Waals surface area contributed by atoms with Gasteiger partial charge in [-0.05, 0) is 18.2 Å². The van der Waals surface area contributed by atoms with E-state index in [0.29, 0.717) is 23.7 Å². The maximum atomic E-state index is 12.2. The molecule has 156 valence electrons. The molecule has 1 saturated heterocycles. The maximum absolute atomic E-state index is 12.2. The number of carbonyl (C=O) groups excluding carboxylic acids is 1. The van der Waals surface area contributed by atoms with Gasteiger partial charge in [0.15, 0.2) is 0 Å². The summed E-state index contributed by atoms with van der Waals surface area (Å²) in [7, 11) is 5.32. The topological polar surface area (TPSA) is 66.1 Å². The quantitative estimate of drug-likeness (QED) is 0.751. The minimum atomic E-state index is -0.276. The van der Waals surface area contributed by atoms with Gasteiger partial charge in [0.1, 0.15) is 11.5 Å². The Labute approximate surface area is 172 Å². The molecule has 7 heteroatoms. The minimum absolute atomic E-state index is 0.276. The molecular weight excluding hydrogens is 368 g/mol. The summed E-state index contributed by atoms with van der Waals surface area (Å²) in [6.45, 7) is 5.89. The van der Waals surface area contributed by atoms with Crippen LogP contribution in [-0.2, 0) is 13.1 Å². The molecule has 7 nitrogen and oxygen atoms in total. The molecule has 29 heavy (non-hydrogen) atoms. The molecule has 0 unspecified atom stereocenters. The largest absolute Gasteiger partial charge is 0.497 e. The number of hydrogen-bond donors (Lipinski definition) is 2. The lowest BCUT2D eigenvalue weighted by atomic mass is 10.1. The molecule has 1 aliphatic heterocycles. The summed E-state index contributed by atoms with van der Waals surface area (Å²) < 4.78 is 10.4. The molecule has 0 aliphatic carbocycles. The van der Waals surface area contributed by atoms with Gasteiger partial charge in [0.25, 0.3) is 0 Å². The van der Waals surface area contributed by atoms with E-state index in [4.69, 9.17) is 9.47 Å². The summed E-state index contributed by atoms with van der Waals surface area (Å²) in [6, 6.07) is 13.4. The Hall–Kier alpha value is -2.77. The Bertz CT molecular complexity index is 780. The Morgan fingerprint density at radius 2 is 1.52 bits per heavy atom. The minimum Gasteiger partial charge on any atom is -0.497 e. The van der Waals surface area contributed by atoms with Crippen molar-refractivity contribution < 1.29 is 14.3 Å². The van der Waals surface area contributed by atoms with Crippen LogP contribution in [0.25, 0.3) is 0 Å². The van der Waals surface area contributed by atoms with Crippen molar-refractivity contribution >= 4 is 11.7 Å². The number of nitrogens with one attached hydrogen (secondary N) is 2. The number of methoxy groups -OCH3 is 2. The van der Waals surface area contributed by atoms with E-state index < -0.39 is 0 Å². The highest BCUT2D eigenvalue weighted by molar-refractivity contribution is 5.89. The molecular formula is C22H30N4O3. The molecule has 1 fully saturated rings.